The lowest BCUT2D eigenvalue weighted by Gasteiger charge is -2.57. The Labute approximate surface area is 150 Å². The molecule has 0 unspecified atom stereocenters. The van der Waals surface area contributed by atoms with Gasteiger partial charge in [0.1, 0.15) is 5.75 Å². The number of alkyl halides is 3. The zero-order valence-electron chi connectivity index (χ0n) is 13.7. The molecule has 4 saturated carbocycles. The molecule has 0 amide bonds. The Balaban J connectivity index is 1.36. The van der Waals surface area contributed by atoms with Gasteiger partial charge in [-0.3, -0.25) is 0 Å². The number of thiocarbonyl (C=S) groups is 1. The molecule has 0 heterocycles. The average Bonchev–Trinajstić information content (AvgIpc) is 2.45. The molecule has 4 fully saturated rings. The molecule has 0 spiro atoms. The number of hydrogen-bond acceptors (Lipinski definition) is 2. The summed E-state index contributed by atoms with van der Waals surface area (Å²) in [4.78, 5) is 0. The van der Waals surface area contributed by atoms with Gasteiger partial charge in [-0.25, -0.2) is 0 Å². The summed E-state index contributed by atoms with van der Waals surface area (Å²) in [5.74, 6) is 2.22. The lowest BCUT2D eigenvalue weighted by Crippen LogP contribution is -2.60. The minimum Gasteiger partial charge on any atom is -0.406 e. The maximum Gasteiger partial charge on any atom is 0.573 e. The summed E-state index contributed by atoms with van der Waals surface area (Å²) in [5, 5.41) is 7.17. The third kappa shape index (κ3) is 3.86. The Morgan fingerprint density at radius 1 is 1.00 bits per heavy atom. The summed E-state index contributed by atoms with van der Waals surface area (Å²) in [6.45, 7) is 0. The van der Waals surface area contributed by atoms with Crippen molar-refractivity contribution in [2.45, 2.75) is 50.4 Å². The number of ether oxygens (including phenoxy) is 1. The van der Waals surface area contributed by atoms with Crippen molar-refractivity contribution in [2.75, 3.05) is 5.32 Å². The molecule has 4 aliphatic rings. The molecule has 25 heavy (non-hydrogen) atoms. The van der Waals surface area contributed by atoms with Crippen LogP contribution >= 0.6 is 12.2 Å². The first-order valence-corrected chi connectivity index (χ1v) is 9.14. The second-order valence-electron chi connectivity index (χ2n) is 7.85. The van der Waals surface area contributed by atoms with Crippen molar-refractivity contribution in [3.8, 4) is 5.75 Å². The number of anilines is 1. The van der Waals surface area contributed by atoms with Gasteiger partial charge in [-0.15, -0.1) is 13.2 Å². The Kier molecular flexibility index (Phi) is 4.09. The highest BCUT2D eigenvalue weighted by molar-refractivity contribution is 7.80. The Morgan fingerprint density at radius 3 is 2.00 bits per heavy atom. The van der Waals surface area contributed by atoms with Crippen LogP contribution in [0.25, 0.3) is 0 Å². The fraction of sp³-hybridized carbons (Fsp3) is 0.611. The van der Waals surface area contributed by atoms with Gasteiger partial charge < -0.3 is 15.4 Å². The van der Waals surface area contributed by atoms with E-state index in [0.717, 1.165) is 17.8 Å². The van der Waals surface area contributed by atoms with Crippen LogP contribution in [-0.2, 0) is 0 Å². The van der Waals surface area contributed by atoms with E-state index in [1.807, 2.05) is 0 Å². The lowest BCUT2D eigenvalue weighted by molar-refractivity contribution is -0.274. The number of halogens is 3. The highest BCUT2D eigenvalue weighted by Gasteiger charge is 2.51. The topological polar surface area (TPSA) is 33.3 Å². The molecule has 1 aromatic carbocycles. The minimum atomic E-state index is -4.68. The van der Waals surface area contributed by atoms with Crippen molar-refractivity contribution in [2.24, 2.45) is 17.8 Å². The van der Waals surface area contributed by atoms with Gasteiger partial charge in [0.15, 0.2) is 5.11 Å². The van der Waals surface area contributed by atoms with Crippen LogP contribution in [0, 0.1) is 17.8 Å². The van der Waals surface area contributed by atoms with Crippen LogP contribution in [0.5, 0.6) is 5.75 Å². The molecule has 3 nitrogen and oxygen atoms in total. The quantitative estimate of drug-likeness (QED) is 0.746. The van der Waals surface area contributed by atoms with Crippen molar-refractivity contribution in [1.82, 2.24) is 5.32 Å². The first-order valence-electron chi connectivity index (χ1n) is 8.74. The van der Waals surface area contributed by atoms with Crippen molar-refractivity contribution in [3.05, 3.63) is 24.3 Å². The van der Waals surface area contributed by atoms with Gasteiger partial charge >= 0.3 is 6.36 Å². The fourth-order valence-corrected chi connectivity index (χ4v) is 5.74. The highest BCUT2D eigenvalue weighted by atomic mass is 32.1. The fourth-order valence-electron chi connectivity index (χ4n) is 5.41. The van der Waals surface area contributed by atoms with E-state index in [1.165, 1.54) is 62.8 Å². The molecule has 0 saturated heterocycles. The summed E-state index contributed by atoms with van der Waals surface area (Å²) in [5.41, 5.74) is 0.759. The van der Waals surface area contributed by atoms with Crippen molar-refractivity contribution >= 4 is 23.0 Å². The zero-order chi connectivity index (χ0) is 17.7. The second-order valence-corrected chi connectivity index (χ2v) is 8.26. The Bertz CT molecular complexity index is 624. The molecule has 0 aliphatic heterocycles. The van der Waals surface area contributed by atoms with Gasteiger partial charge in [0.25, 0.3) is 0 Å². The van der Waals surface area contributed by atoms with E-state index < -0.39 is 6.36 Å². The largest absolute Gasteiger partial charge is 0.573 e. The summed E-state index contributed by atoms with van der Waals surface area (Å²) >= 11 is 5.46. The third-order valence-electron chi connectivity index (χ3n) is 5.76. The van der Waals surface area contributed by atoms with Crippen LogP contribution < -0.4 is 15.4 Å². The molecule has 4 bridgehead atoms. The van der Waals surface area contributed by atoms with Gasteiger partial charge in [-0.05, 0) is 92.8 Å². The number of nitrogens with one attached hydrogen (secondary N) is 2. The summed E-state index contributed by atoms with van der Waals surface area (Å²) in [7, 11) is 0. The van der Waals surface area contributed by atoms with Crippen LogP contribution in [0.2, 0.25) is 0 Å². The maximum atomic E-state index is 12.2. The number of hydrogen-bond donors (Lipinski definition) is 2. The summed E-state index contributed by atoms with van der Waals surface area (Å²) in [6, 6.07) is 5.63. The van der Waals surface area contributed by atoms with Crippen LogP contribution in [0.4, 0.5) is 18.9 Å². The Hall–Kier alpha value is -1.50. The van der Waals surface area contributed by atoms with Crippen molar-refractivity contribution < 1.29 is 17.9 Å². The zero-order valence-corrected chi connectivity index (χ0v) is 14.6. The van der Waals surface area contributed by atoms with E-state index >= 15 is 0 Å². The monoisotopic (exact) mass is 370 g/mol. The third-order valence-corrected chi connectivity index (χ3v) is 5.97. The van der Waals surface area contributed by atoms with E-state index in [9.17, 15) is 13.2 Å². The van der Waals surface area contributed by atoms with Crippen LogP contribution in [0.15, 0.2) is 24.3 Å². The molecular formula is C18H21F3N2OS. The normalized spacial score (nSPS) is 33.2. The SMILES string of the molecule is FC(F)(F)Oc1ccc(NC(=S)NC23CC4CC(CC(C4)C2)C3)cc1. The van der Waals surface area contributed by atoms with E-state index in [0.29, 0.717) is 10.8 Å². The average molecular weight is 370 g/mol. The molecule has 5 rings (SSSR count). The molecule has 0 radical (unpaired) electrons. The molecule has 2 N–H and O–H groups in total. The van der Waals surface area contributed by atoms with Gasteiger partial charge in [0, 0.05) is 11.2 Å². The van der Waals surface area contributed by atoms with Gasteiger partial charge in [0.2, 0.25) is 0 Å². The van der Waals surface area contributed by atoms with Gasteiger partial charge in [0.05, 0.1) is 0 Å². The maximum absolute atomic E-state index is 12.2. The molecule has 1 aromatic rings. The van der Waals surface area contributed by atoms with Gasteiger partial charge in [-0.1, -0.05) is 0 Å². The molecular weight excluding hydrogens is 349 g/mol. The van der Waals surface area contributed by atoms with Gasteiger partial charge in [-0.2, -0.15) is 0 Å². The first-order chi connectivity index (χ1) is 11.8. The highest BCUT2D eigenvalue weighted by Crippen LogP contribution is 2.55. The molecule has 0 atom stereocenters. The predicted octanol–water partition coefficient (Wildman–Crippen LogP) is 4.84. The predicted molar refractivity (Wildman–Crippen MR) is 93.4 cm³/mol. The summed E-state index contributed by atoms with van der Waals surface area (Å²) in [6.07, 6.45) is 2.95. The second kappa shape index (κ2) is 6.04. The van der Waals surface area contributed by atoms with E-state index in [-0.39, 0.29) is 11.3 Å². The molecule has 7 heteroatoms. The molecule has 0 aromatic heterocycles. The van der Waals surface area contributed by atoms with Crippen molar-refractivity contribution in [1.29, 1.82) is 0 Å². The number of rotatable bonds is 3. The molecule has 4 aliphatic carbocycles. The van der Waals surface area contributed by atoms with Crippen LogP contribution in [0.1, 0.15) is 38.5 Å². The van der Waals surface area contributed by atoms with E-state index in [2.05, 4.69) is 15.4 Å². The Morgan fingerprint density at radius 2 is 1.52 bits per heavy atom. The smallest absolute Gasteiger partial charge is 0.406 e. The van der Waals surface area contributed by atoms with Crippen LogP contribution in [-0.4, -0.2) is 17.0 Å². The molecule has 136 valence electrons. The number of benzene rings is 1. The van der Waals surface area contributed by atoms with E-state index in [1.54, 1.807) is 0 Å². The lowest BCUT2D eigenvalue weighted by atomic mass is 9.53. The minimum absolute atomic E-state index is 0.109. The van der Waals surface area contributed by atoms with Crippen molar-refractivity contribution in [3.63, 3.8) is 0 Å². The van der Waals surface area contributed by atoms with Crippen LogP contribution in [0.3, 0.4) is 0 Å². The first kappa shape index (κ1) is 16.9. The standard InChI is InChI=1S/C18H21F3N2OS/c19-18(20,21)24-15-3-1-14(2-4-15)22-16(25)23-17-8-11-5-12(9-17)7-13(6-11)10-17/h1-4,11-13H,5-10H2,(H2,22,23,25). The van der Waals surface area contributed by atoms with E-state index in [4.69, 9.17) is 12.2 Å². The summed E-state index contributed by atoms with van der Waals surface area (Å²) < 4.78 is 40.5.